The molecule has 0 spiro atoms. The van der Waals surface area contributed by atoms with Crippen LogP contribution in [-0.4, -0.2) is 9.90 Å². The standard InChI is InChI=1S/C9H8BrNO2/c10-5-6-11-7-3-1-2-4-8(7)13-9(11)12/h1-4H,5-6H2. The molecule has 0 aliphatic heterocycles. The lowest BCUT2D eigenvalue weighted by molar-refractivity contribution is 0.514. The first-order valence-corrected chi connectivity index (χ1v) is 5.09. The maximum atomic E-state index is 11.3. The number of aryl methyl sites for hydroxylation is 1. The SMILES string of the molecule is O=c1oc2ccccc2n1CCBr. The number of fused-ring (bicyclic) bond motifs is 1. The Hall–Kier alpha value is -1.03. The fourth-order valence-corrected chi connectivity index (χ4v) is 1.66. The van der Waals surface area contributed by atoms with Crippen LogP contribution in [0.5, 0.6) is 0 Å². The maximum Gasteiger partial charge on any atom is 0.419 e. The number of para-hydroxylation sites is 2. The van der Waals surface area contributed by atoms with E-state index in [0.717, 1.165) is 10.8 Å². The topological polar surface area (TPSA) is 35.1 Å². The molecular formula is C9H8BrNO2. The first kappa shape index (κ1) is 8.56. The van der Waals surface area contributed by atoms with Crippen LogP contribution < -0.4 is 5.76 Å². The van der Waals surface area contributed by atoms with Crippen molar-refractivity contribution in [1.82, 2.24) is 4.57 Å². The lowest BCUT2D eigenvalue weighted by atomic mass is 10.3. The van der Waals surface area contributed by atoms with E-state index in [2.05, 4.69) is 15.9 Å². The van der Waals surface area contributed by atoms with E-state index in [1.807, 2.05) is 18.2 Å². The van der Waals surface area contributed by atoms with Crippen molar-refractivity contribution in [2.24, 2.45) is 0 Å². The number of oxazole rings is 1. The molecule has 0 bridgehead atoms. The molecular weight excluding hydrogens is 234 g/mol. The average Bonchev–Trinajstić information content (AvgIpc) is 2.44. The van der Waals surface area contributed by atoms with Gasteiger partial charge in [-0.1, -0.05) is 28.1 Å². The quantitative estimate of drug-likeness (QED) is 0.755. The van der Waals surface area contributed by atoms with Gasteiger partial charge in [-0.3, -0.25) is 4.57 Å². The van der Waals surface area contributed by atoms with Gasteiger partial charge in [0.05, 0.1) is 5.52 Å². The van der Waals surface area contributed by atoms with Gasteiger partial charge in [0.2, 0.25) is 0 Å². The molecule has 3 nitrogen and oxygen atoms in total. The Morgan fingerprint density at radius 2 is 2.15 bits per heavy atom. The number of hydrogen-bond donors (Lipinski definition) is 0. The number of alkyl halides is 1. The van der Waals surface area contributed by atoms with E-state index >= 15 is 0 Å². The van der Waals surface area contributed by atoms with Crippen LogP contribution in [0.15, 0.2) is 33.5 Å². The van der Waals surface area contributed by atoms with Gasteiger partial charge in [-0.05, 0) is 12.1 Å². The summed E-state index contributed by atoms with van der Waals surface area (Å²) in [5, 5.41) is 0.746. The molecule has 1 heterocycles. The monoisotopic (exact) mass is 241 g/mol. The molecule has 0 aliphatic rings. The van der Waals surface area contributed by atoms with Gasteiger partial charge in [0, 0.05) is 11.9 Å². The van der Waals surface area contributed by atoms with E-state index < -0.39 is 0 Å². The van der Waals surface area contributed by atoms with Crippen molar-refractivity contribution < 1.29 is 4.42 Å². The fourth-order valence-electron chi connectivity index (χ4n) is 1.31. The van der Waals surface area contributed by atoms with Crippen LogP contribution in [0.2, 0.25) is 0 Å². The lowest BCUT2D eigenvalue weighted by Crippen LogP contribution is -2.14. The maximum absolute atomic E-state index is 11.3. The van der Waals surface area contributed by atoms with Crippen LogP contribution in [-0.2, 0) is 6.54 Å². The Balaban J connectivity index is 2.71. The summed E-state index contributed by atoms with van der Waals surface area (Å²) in [7, 11) is 0. The average molecular weight is 242 g/mol. The third kappa shape index (κ3) is 1.42. The smallest absolute Gasteiger partial charge is 0.408 e. The van der Waals surface area contributed by atoms with Crippen LogP contribution in [0.4, 0.5) is 0 Å². The van der Waals surface area contributed by atoms with Gasteiger partial charge >= 0.3 is 5.76 Å². The van der Waals surface area contributed by atoms with Crippen LogP contribution in [0, 0.1) is 0 Å². The summed E-state index contributed by atoms with van der Waals surface area (Å²) in [6, 6.07) is 7.41. The van der Waals surface area contributed by atoms with Crippen LogP contribution in [0.25, 0.3) is 11.1 Å². The van der Waals surface area contributed by atoms with Crippen molar-refractivity contribution in [3.63, 3.8) is 0 Å². The van der Waals surface area contributed by atoms with Crippen molar-refractivity contribution in [3.05, 3.63) is 34.8 Å². The molecule has 0 fully saturated rings. The first-order chi connectivity index (χ1) is 6.33. The zero-order valence-electron chi connectivity index (χ0n) is 6.87. The molecule has 0 amide bonds. The first-order valence-electron chi connectivity index (χ1n) is 3.97. The number of hydrogen-bond acceptors (Lipinski definition) is 2. The predicted octanol–water partition coefficient (Wildman–Crippen LogP) is 1.99. The molecule has 2 rings (SSSR count). The summed E-state index contributed by atoms with van der Waals surface area (Å²) in [5.74, 6) is -0.291. The molecule has 0 aliphatic carbocycles. The normalized spacial score (nSPS) is 10.8. The third-order valence-corrected chi connectivity index (χ3v) is 2.24. The Labute approximate surface area is 83.1 Å². The molecule has 0 radical (unpaired) electrons. The number of benzene rings is 1. The van der Waals surface area contributed by atoms with E-state index in [9.17, 15) is 4.79 Å². The molecule has 2 aromatic rings. The van der Waals surface area contributed by atoms with Gasteiger partial charge in [-0.15, -0.1) is 0 Å². The number of halogens is 1. The summed E-state index contributed by atoms with van der Waals surface area (Å²) in [6.45, 7) is 0.635. The van der Waals surface area contributed by atoms with Gasteiger partial charge in [0.1, 0.15) is 0 Å². The van der Waals surface area contributed by atoms with E-state index in [-0.39, 0.29) is 5.76 Å². The summed E-state index contributed by atoms with van der Waals surface area (Å²) >= 11 is 3.29. The summed E-state index contributed by atoms with van der Waals surface area (Å²) < 4.78 is 6.65. The number of nitrogens with zero attached hydrogens (tertiary/aromatic N) is 1. The molecule has 4 heteroatoms. The lowest BCUT2D eigenvalue weighted by Gasteiger charge is -1.95. The van der Waals surface area contributed by atoms with Gasteiger partial charge < -0.3 is 4.42 Å². The molecule has 0 atom stereocenters. The van der Waals surface area contributed by atoms with Crippen molar-refractivity contribution in [3.8, 4) is 0 Å². The third-order valence-electron chi connectivity index (χ3n) is 1.88. The molecule has 0 saturated carbocycles. The highest BCUT2D eigenvalue weighted by molar-refractivity contribution is 9.09. The minimum Gasteiger partial charge on any atom is -0.408 e. The minimum atomic E-state index is -0.291. The van der Waals surface area contributed by atoms with Crippen molar-refractivity contribution in [2.75, 3.05) is 5.33 Å². The molecule has 68 valence electrons. The molecule has 0 unspecified atom stereocenters. The molecule has 1 aromatic heterocycles. The second-order valence-corrected chi connectivity index (χ2v) is 3.47. The van der Waals surface area contributed by atoms with E-state index in [0.29, 0.717) is 12.1 Å². The highest BCUT2D eigenvalue weighted by Crippen LogP contribution is 2.11. The zero-order chi connectivity index (χ0) is 9.26. The zero-order valence-corrected chi connectivity index (χ0v) is 8.45. The number of aromatic nitrogens is 1. The van der Waals surface area contributed by atoms with Gasteiger partial charge in [-0.2, -0.15) is 0 Å². The second-order valence-electron chi connectivity index (χ2n) is 2.68. The molecule has 0 N–H and O–H groups in total. The number of rotatable bonds is 2. The largest absolute Gasteiger partial charge is 0.419 e. The summed E-state index contributed by atoms with van der Waals surface area (Å²) in [4.78, 5) is 11.3. The Morgan fingerprint density at radius 3 is 2.92 bits per heavy atom. The Morgan fingerprint density at radius 1 is 1.38 bits per heavy atom. The van der Waals surface area contributed by atoms with E-state index in [4.69, 9.17) is 4.42 Å². The Bertz CT molecular complexity index is 472. The summed E-state index contributed by atoms with van der Waals surface area (Å²) in [6.07, 6.45) is 0. The molecule has 1 aromatic carbocycles. The van der Waals surface area contributed by atoms with Gasteiger partial charge in [0.25, 0.3) is 0 Å². The molecule has 0 saturated heterocycles. The van der Waals surface area contributed by atoms with Crippen molar-refractivity contribution in [1.29, 1.82) is 0 Å². The van der Waals surface area contributed by atoms with Gasteiger partial charge in [-0.25, -0.2) is 4.79 Å². The van der Waals surface area contributed by atoms with Crippen molar-refractivity contribution >= 4 is 27.0 Å². The van der Waals surface area contributed by atoms with Gasteiger partial charge in [0.15, 0.2) is 5.58 Å². The van der Waals surface area contributed by atoms with Crippen LogP contribution in [0.3, 0.4) is 0 Å². The van der Waals surface area contributed by atoms with E-state index in [1.165, 1.54) is 0 Å². The molecule has 13 heavy (non-hydrogen) atoms. The van der Waals surface area contributed by atoms with Crippen LogP contribution >= 0.6 is 15.9 Å². The predicted molar refractivity (Wildman–Crippen MR) is 54.3 cm³/mol. The Kier molecular flexibility index (Phi) is 2.22. The van der Waals surface area contributed by atoms with Crippen LogP contribution in [0.1, 0.15) is 0 Å². The minimum absolute atomic E-state index is 0.291. The van der Waals surface area contributed by atoms with E-state index in [1.54, 1.807) is 10.6 Å². The van der Waals surface area contributed by atoms with Crippen molar-refractivity contribution in [2.45, 2.75) is 6.54 Å². The summed E-state index contributed by atoms with van der Waals surface area (Å²) in [5.41, 5.74) is 1.50. The second kappa shape index (κ2) is 3.38. The highest BCUT2D eigenvalue weighted by Gasteiger charge is 2.06. The highest BCUT2D eigenvalue weighted by atomic mass is 79.9. The fraction of sp³-hybridized carbons (Fsp3) is 0.222.